The van der Waals surface area contributed by atoms with Crippen LogP contribution in [0.5, 0.6) is 0 Å². The molecule has 0 amide bonds. The Balaban J connectivity index is 1.67. The van der Waals surface area contributed by atoms with Gasteiger partial charge in [0, 0.05) is 25.0 Å². The summed E-state index contributed by atoms with van der Waals surface area (Å²) < 4.78 is 2.06. The Kier molecular flexibility index (Phi) is 4.93. The first-order valence-corrected chi connectivity index (χ1v) is 6.85. The van der Waals surface area contributed by atoms with Crippen LogP contribution in [0.4, 0.5) is 0 Å². The van der Waals surface area contributed by atoms with Crippen molar-refractivity contribution in [1.29, 1.82) is 0 Å². The third kappa shape index (κ3) is 4.33. The molecule has 0 saturated heterocycles. The lowest BCUT2D eigenvalue weighted by atomic mass is 10.3. The molecule has 0 fully saturated rings. The van der Waals surface area contributed by atoms with Crippen LogP contribution in [0, 0.1) is 13.8 Å². The van der Waals surface area contributed by atoms with E-state index in [9.17, 15) is 0 Å². The first-order chi connectivity index (χ1) is 9.15. The fraction of sp³-hybridized carbons (Fsp3) is 0.429. The van der Waals surface area contributed by atoms with Gasteiger partial charge in [0.2, 0.25) is 0 Å². The lowest BCUT2D eigenvalue weighted by Crippen LogP contribution is -2.17. The van der Waals surface area contributed by atoms with Crippen molar-refractivity contribution < 1.29 is 0 Å². The maximum atomic E-state index is 5.74. The van der Waals surface area contributed by atoms with Crippen LogP contribution in [-0.4, -0.2) is 21.3 Å². The van der Waals surface area contributed by atoms with E-state index in [4.69, 9.17) is 11.6 Å². The van der Waals surface area contributed by atoms with Crippen LogP contribution in [0.2, 0.25) is 5.15 Å². The maximum absolute atomic E-state index is 5.74. The zero-order valence-corrected chi connectivity index (χ0v) is 12.1. The predicted octanol–water partition coefficient (Wildman–Crippen LogP) is 2.73. The Morgan fingerprint density at radius 3 is 2.79 bits per heavy atom. The largest absolute Gasteiger partial charge is 0.313 e. The average Bonchev–Trinajstić information content (AvgIpc) is 2.70. The summed E-state index contributed by atoms with van der Waals surface area (Å²) in [6.07, 6.45) is 2.86. The molecule has 2 aromatic rings. The third-order valence-corrected chi connectivity index (χ3v) is 3.17. The molecule has 0 aliphatic heterocycles. The molecular weight excluding hydrogens is 260 g/mol. The molecule has 0 atom stereocenters. The van der Waals surface area contributed by atoms with E-state index < -0.39 is 0 Å². The lowest BCUT2D eigenvalue weighted by Gasteiger charge is -2.06. The summed E-state index contributed by atoms with van der Waals surface area (Å²) in [6, 6.07) is 5.91. The van der Waals surface area contributed by atoms with Crippen LogP contribution in [0.3, 0.4) is 0 Å². The summed E-state index contributed by atoms with van der Waals surface area (Å²) in [4.78, 5) is 4.05. The molecule has 1 N–H and O–H groups in total. The first kappa shape index (κ1) is 14.0. The molecule has 0 bridgehead atoms. The summed E-state index contributed by atoms with van der Waals surface area (Å²) >= 11 is 5.74. The molecule has 0 aromatic carbocycles. The fourth-order valence-corrected chi connectivity index (χ4v) is 2.11. The van der Waals surface area contributed by atoms with Crippen LogP contribution in [0.25, 0.3) is 0 Å². The number of nitrogens with zero attached hydrogens (tertiary/aromatic N) is 3. The van der Waals surface area contributed by atoms with E-state index in [1.807, 2.05) is 19.1 Å². The highest BCUT2D eigenvalue weighted by atomic mass is 35.5. The molecule has 0 aliphatic carbocycles. The van der Waals surface area contributed by atoms with Crippen LogP contribution in [0.15, 0.2) is 24.4 Å². The number of hydrogen-bond donors (Lipinski definition) is 1. The molecule has 4 nitrogen and oxygen atoms in total. The Morgan fingerprint density at radius 1 is 1.32 bits per heavy atom. The highest BCUT2D eigenvalue weighted by molar-refractivity contribution is 6.29. The second-order valence-electron chi connectivity index (χ2n) is 4.67. The fourth-order valence-electron chi connectivity index (χ4n) is 2.00. The molecule has 2 aromatic heterocycles. The van der Waals surface area contributed by atoms with Gasteiger partial charge in [-0.15, -0.1) is 0 Å². The third-order valence-electron chi connectivity index (χ3n) is 2.94. The van der Waals surface area contributed by atoms with Gasteiger partial charge in [-0.2, -0.15) is 5.10 Å². The topological polar surface area (TPSA) is 42.7 Å². The van der Waals surface area contributed by atoms with Gasteiger partial charge < -0.3 is 5.32 Å². The van der Waals surface area contributed by atoms with Gasteiger partial charge in [0.15, 0.2) is 0 Å². The summed E-state index contributed by atoms with van der Waals surface area (Å²) in [7, 11) is 0. The van der Waals surface area contributed by atoms with Crippen molar-refractivity contribution in [3.63, 3.8) is 0 Å². The molecule has 102 valence electrons. The molecule has 0 saturated carbocycles. The van der Waals surface area contributed by atoms with E-state index in [-0.39, 0.29) is 0 Å². The van der Waals surface area contributed by atoms with E-state index in [1.165, 1.54) is 5.69 Å². The van der Waals surface area contributed by atoms with Crippen molar-refractivity contribution in [2.45, 2.75) is 33.4 Å². The predicted molar refractivity (Wildman–Crippen MR) is 77.3 cm³/mol. The number of hydrogen-bond acceptors (Lipinski definition) is 3. The molecule has 19 heavy (non-hydrogen) atoms. The molecule has 2 heterocycles. The summed E-state index contributed by atoms with van der Waals surface area (Å²) in [6.45, 7) is 6.84. The summed E-state index contributed by atoms with van der Waals surface area (Å²) in [5.74, 6) is 0. The van der Waals surface area contributed by atoms with Crippen molar-refractivity contribution >= 4 is 11.6 Å². The normalized spacial score (nSPS) is 10.9. The van der Waals surface area contributed by atoms with E-state index in [0.29, 0.717) is 5.15 Å². The molecule has 0 unspecified atom stereocenters. The summed E-state index contributed by atoms with van der Waals surface area (Å²) in [5, 5.41) is 8.37. The standard InChI is InChI=1S/C14H19ClN4/c1-11-8-12(2)19(18-11)7-3-6-16-9-13-4-5-14(15)17-10-13/h4-5,8,10,16H,3,6-7,9H2,1-2H3. The molecular formula is C14H19ClN4. The number of halogens is 1. The second kappa shape index (κ2) is 6.68. The molecule has 0 spiro atoms. The van der Waals surface area contributed by atoms with Crippen molar-refractivity contribution in [1.82, 2.24) is 20.1 Å². The molecule has 0 aliphatic rings. The van der Waals surface area contributed by atoms with E-state index in [1.54, 1.807) is 6.20 Å². The van der Waals surface area contributed by atoms with Gasteiger partial charge in [0.05, 0.1) is 5.69 Å². The van der Waals surface area contributed by atoms with E-state index in [2.05, 4.69) is 33.1 Å². The number of pyridine rings is 1. The number of aromatic nitrogens is 3. The minimum atomic E-state index is 0.535. The van der Waals surface area contributed by atoms with Crippen LogP contribution < -0.4 is 5.32 Å². The van der Waals surface area contributed by atoms with Crippen LogP contribution in [0.1, 0.15) is 23.4 Å². The van der Waals surface area contributed by atoms with Crippen molar-refractivity contribution in [2.75, 3.05) is 6.54 Å². The Labute approximate surface area is 118 Å². The monoisotopic (exact) mass is 278 g/mol. The van der Waals surface area contributed by atoms with Crippen LogP contribution >= 0.6 is 11.6 Å². The van der Waals surface area contributed by atoms with Gasteiger partial charge in [-0.05, 0) is 44.5 Å². The zero-order chi connectivity index (χ0) is 13.7. The Bertz CT molecular complexity index is 519. The Hall–Kier alpha value is -1.39. The van der Waals surface area contributed by atoms with Gasteiger partial charge in [-0.25, -0.2) is 4.98 Å². The van der Waals surface area contributed by atoms with Crippen molar-refractivity contribution in [2.24, 2.45) is 0 Å². The molecule has 0 radical (unpaired) electrons. The minimum Gasteiger partial charge on any atom is -0.313 e. The lowest BCUT2D eigenvalue weighted by molar-refractivity contribution is 0.532. The van der Waals surface area contributed by atoms with Gasteiger partial charge in [0.1, 0.15) is 5.15 Å². The Morgan fingerprint density at radius 2 is 2.16 bits per heavy atom. The SMILES string of the molecule is Cc1cc(C)n(CCCNCc2ccc(Cl)nc2)n1. The van der Waals surface area contributed by atoms with Gasteiger partial charge in [-0.1, -0.05) is 17.7 Å². The van der Waals surface area contributed by atoms with E-state index in [0.717, 1.165) is 37.3 Å². The highest BCUT2D eigenvalue weighted by Crippen LogP contribution is 2.05. The number of rotatable bonds is 6. The van der Waals surface area contributed by atoms with E-state index >= 15 is 0 Å². The van der Waals surface area contributed by atoms with Crippen LogP contribution in [-0.2, 0) is 13.1 Å². The average molecular weight is 279 g/mol. The number of aryl methyl sites for hydroxylation is 3. The van der Waals surface area contributed by atoms with Gasteiger partial charge >= 0.3 is 0 Å². The smallest absolute Gasteiger partial charge is 0.129 e. The second-order valence-corrected chi connectivity index (χ2v) is 5.06. The maximum Gasteiger partial charge on any atom is 0.129 e. The minimum absolute atomic E-state index is 0.535. The van der Waals surface area contributed by atoms with Crippen molar-refractivity contribution in [3.8, 4) is 0 Å². The molecule has 5 heteroatoms. The summed E-state index contributed by atoms with van der Waals surface area (Å²) in [5.41, 5.74) is 3.45. The van der Waals surface area contributed by atoms with Gasteiger partial charge in [0.25, 0.3) is 0 Å². The van der Waals surface area contributed by atoms with Crippen molar-refractivity contribution in [3.05, 3.63) is 46.5 Å². The number of nitrogens with one attached hydrogen (secondary N) is 1. The molecule has 2 rings (SSSR count). The highest BCUT2D eigenvalue weighted by Gasteiger charge is 2.00. The zero-order valence-electron chi connectivity index (χ0n) is 11.4. The van der Waals surface area contributed by atoms with Gasteiger partial charge in [-0.3, -0.25) is 4.68 Å². The quantitative estimate of drug-likeness (QED) is 0.653. The first-order valence-electron chi connectivity index (χ1n) is 6.47.